The Morgan fingerprint density at radius 1 is 1.10 bits per heavy atom. The fraction of sp³-hybridized carbons (Fsp3) is 0.267. The predicted octanol–water partition coefficient (Wildman–Crippen LogP) is 4.94. The highest BCUT2D eigenvalue weighted by Crippen LogP contribution is 2.31. The third kappa shape index (κ3) is 2.84. The van der Waals surface area contributed by atoms with Crippen LogP contribution in [0.2, 0.25) is 10.0 Å². The lowest BCUT2D eigenvalue weighted by molar-refractivity contribution is 0.550. The van der Waals surface area contributed by atoms with Crippen LogP contribution in [0.25, 0.3) is 0 Å². The lowest BCUT2D eigenvalue weighted by Crippen LogP contribution is -2.16. The maximum Gasteiger partial charge on any atom is 0.196 e. The third-order valence-electron chi connectivity index (χ3n) is 3.29. The number of hydrogen-bond donors (Lipinski definition) is 0. The van der Waals surface area contributed by atoms with E-state index >= 15 is 0 Å². The first-order valence-electron chi connectivity index (χ1n) is 6.57. The van der Waals surface area contributed by atoms with E-state index in [4.69, 9.17) is 27.6 Å². The van der Waals surface area contributed by atoms with Crippen molar-refractivity contribution in [2.75, 3.05) is 18.0 Å². The largest absolute Gasteiger partial charge is 0.440 e. The van der Waals surface area contributed by atoms with Crippen molar-refractivity contribution in [1.29, 1.82) is 0 Å². The molecule has 3 rings (SSSR count). The monoisotopic (exact) mass is 308 g/mol. The molecule has 5 heteroatoms. The summed E-state index contributed by atoms with van der Waals surface area (Å²) in [7, 11) is 0. The minimum atomic E-state index is 0.455. The maximum absolute atomic E-state index is 6.08. The SMILES string of the molecule is Clc1cccc(N=Cc2ccc(N3CCCC3)o2)c1Cl. The molecule has 1 fully saturated rings. The number of anilines is 1. The number of nitrogens with zero attached hydrogens (tertiary/aromatic N) is 2. The molecule has 1 saturated heterocycles. The van der Waals surface area contributed by atoms with Gasteiger partial charge in [-0.1, -0.05) is 29.3 Å². The molecule has 0 amide bonds. The van der Waals surface area contributed by atoms with Crippen molar-refractivity contribution in [1.82, 2.24) is 0 Å². The predicted molar refractivity (Wildman–Crippen MR) is 83.9 cm³/mol. The van der Waals surface area contributed by atoms with Crippen molar-refractivity contribution in [3.8, 4) is 0 Å². The van der Waals surface area contributed by atoms with Crippen LogP contribution in [0.5, 0.6) is 0 Å². The number of benzene rings is 1. The molecule has 20 heavy (non-hydrogen) atoms. The molecule has 3 nitrogen and oxygen atoms in total. The van der Waals surface area contributed by atoms with Crippen LogP contribution in [-0.4, -0.2) is 19.3 Å². The van der Waals surface area contributed by atoms with Crippen molar-refractivity contribution in [2.24, 2.45) is 4.99 Å². The summed E-state index contributed by atoms with van der Waals surface area (Å²) in [4.78, 5) is 6.56. The molecule has 0 aliphatic carbocycles. The van der Waals surface area contributed by atoms with Crippen molar-refractivity contribution in [3.05, 3.63) is 46.1 Å². The number of rotatable bonds is 3. The van der Waals surface area contributed by atoms with Gasteiger partial charge >= 0.3 is 0 Å². The Hall–Kier alpha value is -1.45. The Morgan fingerprint density at radius 3 is 2.70 bits per heavy atom. The summed E-state index contributed by atoms with van der Waals surface area (Å²) in [5, 5.41) is 0.954. The van der Waals surface area contributed by atoms with Crippen molar-refractivity contribution < 1.29 is 4.42 Å². The zero-order valence-corrected chi connectivity index (χ0v) is 12.4. The molecule has 1 aliphatic rings. The Balaban J connectivity index is 1.77. The second-order valence-corrected chi connectivity index (χ2v) is 5.49. The lowest BCUT2D eigenvalue weighted by atomic mass is 10.3. The normalized spacial score (nSPS) is 15.4. The molecular formula is C15H14Cl2N2O. The highest BCUT2D eigenvalue weighted by molar-refractivity contribution is 6.43. The van der Waals surface area contributed by atoms with Gasteiger partial charge in [-0.15, -0.1) is 0 Å². The summed E-state index contributed by atoms with van der Waals surface area (Å²) in [6.45, 7) is 2.12. The molecule has 2 aromatic rings. The standard InChI is InChI=1S/C15H14Cl2N2O/c16-12-4-3-5-13(15(12)17)18-10-11-6-7-14(20-11)19-8-1-2-9-19/h3-7,10H,1-2,8-9H2. The summed E-state index contributed by atoms with van der Waals surface area (Å²) in [6, 6.07) is 9.26. The molecule has 1 aromatic carbocycles. The van der Waals surface area contributed by atoms with E-state index in [2.05, 4.69) is 9.89 Å². The summed E-state index contributed by atoms with van der Waals surface area (Å²) in [5.74, 6) is 1.61. The highest BCUT2D eigenvalue weighted by Gasteiger charge is 2.15. The van der Waals surface area contributed by atoms with E-state index in [1.165, 1.54) is 12.8 Å². The van der Waals surface area contributed by atoms with Gasteiger partial charge in [0.15, 0.2) is 5.88 Å². The molecule has 104 valence electrons. The lowest BCUT2D eigenvalue weighted by Gasteiger charge is -2.12. The molecule has 0 radical (unpaired) electrons. The van der Waals surface area contributed by atoms with Gasteiger partial charge in [0.2, 0.25) is 0 Å². The quantitative estimate of drug-likeness (QED) is 0.752. The molecule has 2 heterocycles. The molecule has 0 unspecified atom stereocenters. The fourth-order valence-corrected chi connectivity index (χ4v) is 2.59. The minimum absolute atomic E-state index is 0.455. The number of hydrogen-bond acceptors (Lipinski definition) is 3. The molecule has 1 aromatic heterocycles. The van der Waals surface area contributed by atoms with Gasteiger partial charge in [-0.2, -0.15) is 0 Å². The van der Waals surface area contributed by atoms with Crippen LogP contribution < -0.4 is 4.90 Å². The van der Waals surface area contributed by atoms with Crippen LogP contribution in [0.4, 0.5) is 11.6 Å². The van der Waals surface area contributed by atoms with Gasteiger partial charge in [0, 0.05) is 19.2 Å². The summed E-state index contributed by atoms with van der Waals surface area (Å²) < 4.78 is 5.76. The smallest absolute Gasteiger partial charge is 0.196 e. The zero-order valence-electron chi connectivity index (χ0n) is 10.9. The van der Waals surface area contributed by atoms with Gasteiger partial charge in [0.05, 0.1) is 21.9 Å². The Morgan fingerprint density at radius 2 is 1.90 bits per heavy atom. The van der Waals surface area contributed by atoms with Crippen LogP contribution in [0.1, 0.15) is 18.6 Å². The van der Waals surface area contributed by atoms with E-state index in [0.717, 1.165) is 19.0 Å². The molecular weight excluding hydrogens is 295 g/mol. The van der Waals surface area contributed by atoms with Crippen molar-refractivity contribution >= 4 is 41.0 Å². The van der Waals surface area contributed by atoms with E-state index in [1.54, 1.807) is 12.3 Å². The fourth-order valence-electron chi connectivity index (χ4n) is 2.24. The van der Waals surface area contributed by atoms with Crippen LogP contribution in [0.15, 0.2) is 39.7 Å². The first-order chi connectivity index (χ1) is 9.74. The van der Waals surface area contributed by atoms with Gasteiger partial charge in [-0.25, -0.2) is 0 Å². The molecule has 0 spiro atoms. The third-order valence-corrected chi connectivity index (χ3v) is 4.10. The van der Waals surface area contributed by atoms with E-state index in [-0.39, 0.29) is 0 Å². The highest BCUT2D eigenvalue weighted by atomic mass is 35.5. The van der Waals surface area contributed by atoms with E-state index in [9.17, 15) is 0 Å². The van der Waals surface area contributed by atoms with Gasteiger partial charge in [0.1, 0.15) is 5.76 Å². The minimum Gasteiger partial charge on any atom is -0.440 e. The first-order valence-corrected chi connectivity index (χ1v) is 7.32. The van der Waals surface area contributed by atoms with Crippen LogP contribution >= 0.6 is 23.2 Å². The van der Waals surface area contributed by atoms with Gasteiger partial charge in [-0.3, -0.25) is 4.99 Å². The Labute approximate surface area is 127 Å². The molecule has 1 aliphatic heterocycles. The topological polar surface area (TPSA) is 28.7 Å². The summed E-state index contributed by atoms with van der Waals surface area (Å²) >= 11 is 12.0. The second kappa shape index (κ2) is 5.90. The van der Waals surface area contributed by atoms with Crippen LogP contribution in [0, 0.1) is 0 Å². The molecule has 0 bridgehead atoms. The second-order valence-electron chi connectivity index (χ2n) is 4.70. The van der Waals surface area contributed by atoms with E-state index < -0.39 is 0 Å². The number of halogens is 2. The summed E-state index contributed by atoms with van der Waals surface area (Å²) in [6.07, 6.45) is 4.11. The molecule has 0 N–H and O–H groups in total. The summed E-state index contributed by atoms with van der Waals surface area (Å²) in [5.41, 5.74) is 0.637. The first kappa shape index (κ1) is 13.5. The van der Waals surface area contributed by atoms with Crippen LogP contribution in [-0.2, 0) is 0 Å². The van der Waals surface area contributed by atoms with Gasteiger partial charge in [-0.05, 0) is 31.0 Å². The average molecular weight is 309 g/mol. The van der Waals surface area contributed by atoms with E-state index in [1.807, 2.05) is 24.3 Å². The Bertz CT molecular complexity index is 631. The molecule has 0 saturated carbocycles. The molecule has 0 atom stereocenters. The van der Waals surface area contributed by atoms with Crippen molar-refractivity contribution in [3.63, 3.8) is 0 Å². The van der Waals surface area contributed by atoms with Crippen LogP contribution in [0.3, 0.4) is 0 Å². The average Bonchev–Trinajstić information content (AvgIpc) is 3.10. The van der Waals surface area contributed by atoms with Crippen molar-refractivity contribution in [2.45, 2.75) is 12.8 Å². The number of furan rings is 1. The zero-order chi connectivity index (χ0) is 13.9. The van der Waals surface area contributed by atoms with Gasteiger partial charge in [0.25, 0.3) is 0 Å². The Kier molecular flexibility index (Phi) is 3.99. The van der Waals surface area contributed by atoms with E-state index in [0.29, 0.717) is 21.5 Å². The van der Waals surface area contributed by atoms with Gasteiger partial charge < -0.3 is 9.32 Å². The maximum atomic E-state index is 6.08. The number of aliphatic imine (C=N–C) groups is 1.